The van der Waals surface area contributed by atoms with Gasteiger partial charge in [0, 0.05) is 16.9 Å². The highest BCUT2D eigenvalue weighted by Crippen LogP contribution is 2.24. The van der Waals surface area contributed by atoms with Gasteiger partial charge in [0.2, 0.25) is 0 Å². The van der Waals surface area contributed by atoms with E-state index >= 15 is 0 Å². The topological polar surface area (TPSA) is 111 Å². The van der Waals surface area contributed by atoms with Crippen LogP contribution in [0.1, 0.15) is 29.8 Å². The van der Waals surface area contributed by atoms with Gasteiger partial charge in [0.15, 0.2) is 12.4 Å². The summed E-state index contributed by atoms with van der Waals surface area (Å²) < 4.78 is 38.9. The maximum absolute atomic E-state index is 12.7. The number of benzene rings is 3. The summed E-state index contributed by atoms with van der Waals surface area (Å²) in [6.07, 6.45) is 0. The molecule has 3 aromatic rings. The molecular weight excluding hydrogens is 456 g/mol. The number of ketones is 1. The summed E-state index contributed by atoms with van der Waals surface area (Å²) in [6.45, 7) is 5.26. The Hall–Kier alpha value is -3.85. The Morgan fingerprint density at radius 1 is 0.912 bits per heavy atom. The van der Waals surface area contributed by atoms with Crippen LogP contribution in [0.4, 0.5) is 11.4 Å². The second-order valence-electron chi connectivity index (χ2n) is 7.46. The molecule has 34 heavy (non-hydrogen) atoms. The lowest BCUT2D eigenvalue weighted by atomic mass is 10.1. The normalized spacial score (nSPS) is 10.9. The van der Waals surface area contributed by atoms with Crippen LogP contribution in [0, 0.1) is 6.92 Å². The van der Waals surface area contributed by atoms with Gasteiger partial charge < -0.3 is 14.8 Å². The number of carbonyl (C=O) groups is 2. The third kappa shape index (κ3) is 6.58. The Morgan fingerprint density at radius 2 is 1.65 bits per heavy atom. The third-order valence-electron chi connectivity index (χ3n) is 4.79. The van der Waals surface area contributed by atoms with Crippen LogP contribution in [0.2, 0.25) is 0 Å². The summed E-state index contributed by atoms with van der Waals surface area (Å²) >= 11 is 0. The van der Waals surface area contributed by atoms with E-state index in [9.17, 15) is 18.0 Å². The molecule has 0 aliphatic rings. The van der Waals surface area contributed by atoms with E-state index in [1.54, 1.807) is 55.5 Å². The Kier molecular flexibility index (Phi) is 7.91. The molecule has 9 heteroatoms. The number of ether oxygens (including phenoxy) is 2. The molecule has 2 N–H and O–H groups in total. The Balaban J connectivity index is 1.62. The van der Waals surface area contributed by atoms with Crippen molar-refractivity contribution in [3.05, 3.63) is 77.9 Å². The average Bonchev–Trinajstić information content (AvgIpc) is 2.79. The maximum atomic E-state index is 12.7. The van der Waals surface area contributed by atoms with Crippen LogP contribution >= 0.6 is 0 Å². The van der Waals surface area contributed by atoms with Crippen LogP contribution in [0.5, 0.6) is 11.5 Å². The van der Waals surface area contributed by atoms with Gasteiger partial charge in [-0.15, -0.1) is 0 Å². The van der Waals surface area contributed by atoms with Gasteiger partial charge >= 0.3 is 0 Å². The van der Waals surface area contributed by atoms with Crippen molar-refractivity contribution in [1.82, 2.24) is 0 Å². The first kappa shape index (κ1) is 24.8. The molecule has 1 amide bonds. The number of Topliss-reactive ketones (excluding diaryl/α,β-unsaturated/α-hetero) is 1. The highest BCUT2D eigenvalue weighted by Gasteiger charge is 2.16. The number of aryl methyl sites for hydroxylation is 1. The second-order valence-corrected chi connectivity index (χ2v) is 9.15. The first-order valence-corrected chi connectivity index (χ1v) is 12.1. The van der Waals surface area contributed by atoms with Crippen molar-refractivity contribution >= 4 is 33.1 Å². The Bertz CT molecular complexity index is 1290. The van der Waals surface area contributed by atoms with E-state index in [1.165, 1.54) is 25.1 Å². The lowest BCUT2D eigenvalue weighted by molar-refractivity contribution is -0.118. The number of anilines is 2. The molecular formula is C25H26N2O6S. The van der Waals surface area contributed by atoms with Crippen molar-refractivity contribution in [1.29, 1.82) is 0 Å². The molecule has 0 unspecified atom stereocenters. The summed E-state index contributed by atoms with van der Waals surface area (Å²) in [7, 11) is -3.81. The van der Waals surface area contributed by atoms with Gasteiger partial charge in [-0.05, 0) is 80.9 Å². The van der Waals surface area contributed by atoms with E-state index in [-0.39, 0.29) is 17.3 Å². The number of carbonyl (C=O) groups excluding carboxylic acids is 2. The first-order valence-electron chi connectivity index (χ1n) is 10.6. The van der Waals surface area contributed by atoms with E-state index in [2.05, 4.69) is 10.0 Å². The van der Waals surface area contributed by atoms with Crippen molar-refractivity contribution in [2.75, 3.05) is 23.3 Å². The molecule has 3 aromatic carbocycles. The van der Waals surface area contributed by atoms with Gasteiger partial charge in [-0.25, -0.2) is 8.42 Å². The molecule has 0 aliphatic heterocycles. The number of sulfonamides is 1. The predicted molar refractivity (Wildman–Crippen MR) is 130 cm³/mol. The summed E-state index contributed by atoms with van der Waals surface area (Å²) in [4.78, 5) is 23.8. The summed E-state index contributed by atoms with van der Waals surface area (Å²) in [5.74, 6) is 0.523. The molecule has 0 saturated heterocycles. The molecule has 3 rings (SSSR count). The molecule has 0 radical (unpaired) electrons. The zero-order chi connectivity index (χ0) is 24.7. The molecule has 0 spiro atoms. The monoisotopic (exact) mass is 482 g/mol. The molecule has 8 nitrogen and oxygen atoms in total. The van der Waals surface area contributed by atoms with Crippen molar-refractivity contribution in [3.8, 4) is 11.5 Å². The SMILES string of the molecule is CCOc1ccc(NS(=O)(=O)c2ccc(OCC(=O)Nc3cccc(C(C)=O)c3)c(C)c2)cc1. The third-order valence-corrected chi connectivity index (χ3v) is 6.16. The number of rotatable bonds is 10. The summed E-state index contributed by atoms with van der Waals surface area (Å²) in [5, 5.41) is 2.67. The van der Waals surface area contributed by atoms with Gasteiger partial charge in [-0.3, -0.25) is 14.3 Å². The van der Waals surface area contributed by atoms with E-state index < -0.39 is 15.9 Å². The fourth-order valence-electron chi connectivity index (χ4n) is 3.11. The number of hydrogen-bond acceptors (Lipinski definition) is 6. The molecule has 0 bridgehead atoms. The Labute approximate surface area is 199 Å². The predicted octanol–water partition coefficient (Wildman–Crippen LogP) is 4.41. The van der Waals surface area contributed by atoms with E-state index in [1.807, 2.05) is 6.92 Å². The Morgan fingerprint density at radius 3 is 2.29 bits per heavy atom. The molecule has 0 heterocycles. The van der Waals surface area contributed by atoms with Crippen LogP contribution in [0.3, 0.4) is 0 Å². The molecule has 0 aromatic heterocycles. The van der Waals surface area contributed by atoms with Crippen molar-refractivity contribution in [3.63, 3.8) is 0 Å². The molecule has 178 valence electrons. The lowest BCUT2D eigenvalue weighted by Gasteiger charge is -2.13. The smallest absolute Gasteiger partial charge is 0.262 e. The standard InChI is InChI=1S/C25H26N2O6S/c1-4-32-22-10-8-20(9-11-22)27-34(30,31)23-12-13-24(17(2)14-23)33-16-25(29)26-21-7-5-6-19(15-21)18(3)28/h5-15,27H,4,16H2,1-3H3,(H,26,29). The summed E-state index contributed by atoms with van der Waals surface area (Å²) in [5.41, 5.74) is 1.94. The molecule has 0 atom stereocenters. The zero-order valence-corrected chi connectivity index (χ0v) is 19.9. The molecule has 0 fully saturated rings. The van der Waals surface area contributed by atoms with Gasteiger partial charge in [0.25, 0.3) is 15.9 Å². The van der Waals surface area contributed by atoms with Gasteiger partial charge in [0.05, 0.1) is 11.5 Å². The van der Waals surface area contributed by atoms with Crippen LogP contribution in [0.15, 0.2) is 71.6 Å². The average molecular weight is 483 g/mol. The van der Waals surface area contributed by atoms with Crippen molar-refractivity contribution in [2.24, 2.45) is 0 Å². The van der Waals surface area contributed by atoms with E-state index in [4.69, 9.17) is 9.47 Å². The fourth-order valence-corrected chi connectivity index (χ4v) is 4.25. The first-order chi connectivity index (χ1) is 16.2. The van der Waals surface area contributed by atoms with Gasteiger partial charge in [0.1, 0.15) is 11.5 Å². The maximum Gasteiger partial charge on any atom is 0.262 e. The quantitative estimate of drug-likeness (QED) is 0.414. The lowest BCUT2D eigenvalue weighted by Crippen LogP contribution is -2.20. The summed E-state index contributed by atoms with van der Waals surface area (Å²) in [6, 6.07) is 17.6. The minimum atomic E-state index is -3.81. The van der Waals surface area contributed by atoms with Crippen LogP contribution < -0.4 is 19.5 Å². The largest absolute Gasteiger partial charge is 0.494 e. The zero-order valence-electron chi connectivity index (χ0n) is 19.1. The number of nitrogens with one attached hydrogen (secondary N) is 2. The fraction of sp³-hybridized carbons (Fsp3) is 0.200. The molecule has 0 aliphatic carbocycles. The number of amides is 1. The number of hydrogen-bond donors (Lipinski definition) is 2. The van der Waals surface area contributed by atoms with Gasteiger partial charge in [-0.1, -0.05) is 12.1 Å². The van der Waals surface area contributed by atoms with Crippen molar-refractivity contribution < 1.29 is 27.5 Å². The molecule has 0 saturated carbocycles. The van der Waals surface area contributed by atoms with E-state index in [0.29, 0.717) is 40.6 Å². The van der Waals surface area contributed by atoms with Gasteiger partial charge in [-0.2, -0.15) is 0 Å². The van der Waals surface area contributed by atoms with E-state index in [0.717, 1.165) is 0 Å². The van der Waals surface area contributed by atoms with Crippen LogP contribution in [0.25, 0.3) is 0 Å². The highest BCUT2D eigenvalue weighted by atomic mass is 32.2. The second kappa shape index (κ2) is 10.8. The minimum absolute atomic E-state index is 0.0664. The van der Waals surface area contributed by atoms with Crippen LogP contribution in [-0.2, 0) is 14.8 Å². The van der Waals surface area contributed by atoms with Crippen LogP contribution in [-0.4, -0.2) is 33.3 Å². The van der Waals surface area contributed by atoms with Crippen molar-refractivity contribution in [2.45, 2.75) is 25.7 Å². The minimum Gasteiger partial charge on any atom is -0.494 e. The highest BCUT2D eigenvalue weighted by molar-refractivity contribution is 7.92.